The van der Waals surface area contributed by atoms with Gasteiger partial charge in [-0.2, -0.15) is 0 Å². The molecule has 0 aliphatic carbocycles. The van der Waals surface area contributed by atoms with Crippen LogP contribution in [-0.4, -0.2) is 55.6 Å². The molecule has 0 aromatic carbocycles. The first-order valence-electron chi connectivity index (χ1n) is 6.03. The zero-order chi connectivity index (χ0) is 11.0. The van der Waals surface area contributed by atoms with Crippen LogP contribution in [-0.2, 0) is 18.9 Å². The molecular formula is C11H18O5. The van der Waals surface area contributed by atoms with Crippen molar-refractivity contribution in [3.8, 4) is 0 Å². The van der Waals surface area contributed by atoms with Crippen molar-refractivity contribution in [1.29, 1.82) is 0 Å². The second kappa shape index (κ2) is 4.58. The van der Waals surface area contributed by atoms with Crippen molar-refractivity contribution in [2.75, 3.05) is 19.8 Å². The summed E-state index contributed by atoms with van der Waals surface area (Å²) in [7, 11) is 0. The molecule has 0 aromatic heterocycles. The second-order valence-corrected chi connectivity index (χ2v) is 4.63. The maximum absolute atomic E-state index is 9.59. The molecule has 5 nitrogen and oxygen atoms in total. The largest absolute Gasteiger partial charge is 0.388 e. The fraction of sp³-hybridized carbons (Fsp3) is 1.00. The molecular weight excluding hydrogens is 212 g/mol. The van der Waals surface area contributed by atoms with E-state index in [2.05, 4.69) is 0 Å². The van der Waals surface area contributed by atoms with E-state index in [4.69, 9.17) is 18.9 Å². The Kier molecular flexibility index (Phi) is 3.13. The molecule has 3 rings (SSSR count). The van der Waals surface area contributed by atoms with E-state index >= 15 is 0 Å². The summed E-state index contributed by atoms with van der Waals surface area (Å²) in [5, 5.41) is 9.59. The van der Waals surface area contributed by atoms with Crippen LogP contribution in [0, 0.1) is 0 Å². The van der Waals surface area contributed by atoms with E-state index in [1.54, 1.807) is 0 Å². The standard InChI is InChI=1S/C11H18O5/c12-7-5-14-11-8(6-15-10(7)11)16-9-3-1-2-4-13-9/h7-12H,1-6H2/t7-,8-,9?,10-,11-/m1/s1. The molecule has 0 aromatic rings. The maximum atomic E-state index is 9.59. The molecule has 0 spiro atoms. The van der Waals surface area contributed by atoms with Gasteiger partial charge in [0, 0.05) is 6.61 Å². The van der Waals surface area contributed by atoms with Gasteiger partial charge in [0.15, 0.2) is 6.29 Å². The molecule has 1 unspecified atom stereocenters. The fourth-order valence-electron chi connectivity index (χ4n) is 2.57. The first kappa shape index (κ1) is 10.9. The molecule has 3 saturated heterocycles. The van der Waals surface area contributed by atoms with Crippen LogP contribution in [0.5, 0.6) is 0 Å². The predicted molar refractivity (Wildman–Crippen MR) is 54.0 cm³/mol. The predicted octanol–water partition coefficient (Wildman–Crippen LogP) is 0.0567. The van der Waals surface area contributed by atoms with Gasteiger partial charge in [0.1, 0.15) is 24.4 Å². The topological polar surface area (TPSA) is 57.2 Å². The number of ether oxygens (including phenoxy) is 4. The van der Waals surface area contributed by atoms with E-state index in [0.29, 0.717) is 13.2 Å². The molecule has 0 saturated carbocycles. The summed E-state index contributed by atoms with van der Waals surface area (Å²) in [6.45, 7) is 1.61. The van der Waals surface area contributed by atoms with Crippen molar-refractivity contribution in [2.45, 2.75) is 50.0 Å². The highest BCUT2D eigenvalue weighted by molar-refractivity contribution is 4.95. The van der Waals surface area contributed by atoms with Crippen molar-refractivity contribution < 1.29 is 24.1 Å². The molecule has 3 fully saturated rings. The van der Waals surface area contributed by atoms with Gasteiger partial charge in [-0.05, 0) is 19.3 Å². The maximum Gasteiger partial charge on any atom is 0.158 e. The lowest BCUT2D eigenvalue weighted by atomic mass is 10.1. The van der Waals surface area contributed by atoms with E-state index in [1.165, 1.54) is 0 Å². The lowest BCUT2D eigenvalue weighted by molar-refractivity contribution is -0.202. The summed E-state index contributed by atoms with van der Waals surface area (Å²) in [6, 6.07) is 0. The minimum absolute atomic E-state index is 0.0924. The fourth-order valence-corrected chi connectivity index (χ4v) is 2.57. The smallest absolute Gasteiger partial charge is 0.158 e. The Labute approximate surface area is 94.6 Å². The van der Waals surface area contributed by atoms with E-state index in [0.717, 1.165) is 25.9 Å². The SMILES string of the molecule is O[C@@H]1CO[C@H]2[C@@H]1OC[C@H]2OC1CCCCO1. The normalized spacial score (nSPS) is 48.2. The van der Waals surface area contributed by atoms with Crippen molar-refractivity contribution in [3.05, 3.63) is 0 Å². The van der Waals surface area contributed by atoms with Crippen LogP contribution in [0.2, 0.25) is 0 Å². The molecule has 3 aliphatic rings. The van der Waals surface area contributed by atoms with Crippen LogP contribution in [0.3, 0.4) is 0 Å². The Hall–Kier alpha value is -0.200. The number of aliphatic hydroxyl groups excluding tert-OH is 1. The molecule has 0 radical (unpaired) electrons. The summed E-state index contributed by atoms with van der Waals surface area (Å²) in [4.78, 5) is 0. The highest BCUT2D eigenvalue weighted by Crippen LogP contribution is 2.30. The average molecular weight is 230 g/mol. The van der Waals surface area contributed by atoms with Crippen LogP contribution in [0.1, 0.15) is 19.3 Å². The van der Waals surface area contributed by atoms with Crippen molar-refractivity contribution in [2.24, 2.45) is 0 Å². The summed E-state index contributed by atoms with van der Waals surface area (Å²) in [6.07, 6.45) is 2.14. The van der Waals surface area contributed by atoms with Gasteiger partial charge in [0.25, 0.3) is 0 Å². The lowest BCUT2D eigenvalue weighted by Gasteiger charge is -2.27. The van der Waals surface area contributed by atoms with Gasteiger partial charge >= 0.3 is 0 Å². The van der Waals surface area contributed by atoms with E-state index in [1.807, 2.05) is 0 Å². The summed E-state index contributed by atoms with van der Waals surface area (Å²) in [5.41, 5.74) is 0. The molecule has 3 heterocycles. The summed E-state index contributed by atoms with van der Waals surface area (Å²) < 4.78 is 22.3. The number of rotatable bonds is 2. The van der Waals surface area contributed by atoms with Gasteiger partial charge in [0.05, 0.1) is 13.2 Å². The van der Waals surface area contributed by atoms with Gasteiger partial charge in [0.2, 0.25) is 0 Å². The van der Waals surface area contributed by atoms with E-state index in [9.17, 15) is 5.11 Å². The Morgan fingerprint density at radius 2 is 1.88 bits per heavy atom. The van der Waals surface area contributed by atoms with Gasteiger partial charge in [-0.1, -0.05) is 0 Å². The Morgan fingerprint density at radius 1 is 1.00 bits per heavy atom. The zero-order valence-electron chi connectivity index (χ0n) is 9.21. The molecule has 5 atom stereocenters. The minimum Gasteiger partial charge on any atom is -0.388 e. The third-order valence-corrected chi connectivity index (χ3v) is 3.45. The third kappa shape index (κ3) is 1.98. The highest BCUT2D eigenvalue weighted by atomic mass is 16.7. The third-order valence-electron chi connectivity index (χ3n) is 3.45. The van der Waals surface area contributed by atoms with Gasteiger partial charge < -0.3 is 24.1 Å². The van der Waals surface area contributed by atoms with E-state index < -0.39 is 6.10 Å². The Bertz CT molecular complexity index is 241. The number of hydrogen-bond donors (Lipinski definition) is 1. The minimum atomic E-state index is -0.508. The van der Waals surface area contributed by atoms with Gasteiger partial charge in [-0.15, -0.1) is 0 Å². The quantitative estimate of drug-likeness (QED) is 0.726. The Balaban J connectivity index is 1.55. The number of hydrogen-bond acceptors (Lipinski definition) is 5. The molecule has 5 heteroatoms. The van der Waals surface area contributed by atoms with Crippen molar-refractivity contribution in [1.82, 2.24) is 0 Å². The first-order valence-corrected chi connectivity index (χ1v) is 6.03. The monoisotopic (exact) mass is 230 g/mol. The molecule has 0 amide bonds. The van der Waals surface area contributed by atoms with Crippen LogP contribution in [0.25, 0.3) is 0 Å². The summed E-state index contributed by atoms with van der Waals surface area (Å²) >= 11 is 0. The average Bonchev–Trinajstić information content (AvgIpc) is 2.86. The van der Waals surface area contributed by atoms with Crippen LogP contribution >= 0.6 is 0 Å². The van der Waals surface area contributed by atoms with Crippen molar-refractivity contribution in [3.63, 3.8) is 0 Å². The Morgan fingerprint density at radius 3 is 2.69 bits per heavy atom. The number of aliphatic hydroxyl groups is 1. The molecule has 1 N–H and O–H groups in total. The van der Waals surface area contributed by atoms with E-state index in [-0.39, 0.29) is 24.6 Å². The zero-order valence-corrected chi connectivity index (χ0v) is 9.21. The highest BCUT2D eigenvalue weighted by Gasteiger charge is 2.48. The van der Waals surface area contributed by atoms with Gasteiger partial charge in [-0.3, -0.25) is 0 Å². The second-order valence-electron chi connectivity index (χ2n) is 4.63. The summed E-state index contributed by atoms with van der Waals surface area (Å²) in [5.74, 6) is 0. The molecule has 16 heavy (non-hydrogen) atoms. The van der Waals surface area contributed by atoms with Crippen LogP contribution < -0.4 is 0 Å². The number of fused-ring (bicyclic) bond motifs is 1. The van der Waals surface area contributed by atoms with Crippen molar-refractivity contribution >= 4 is 0 Å². The van der Waals surface area contributed by atoms with Gasteiger partial charge in [-0.25, -0.2) is 0 Å². The van der Waals surface area contributed by atoms with Crippen LogP contribution in [0.4, 0.5) is 0 Å². The first-order chi connectivity index (χ1) is 7.84. The molecule has 92 valence electrons. The lowest BCUT2D eigenvalue weighted by Crippen LogP contribution is -2.37. The molecule has 0 bridgehead atoms. The van der Waals surface area contributed by atoms with Crippen LogP contribution in [0.15, 0.2) is 0 Å². The molecule has 3 aliphatic heterocycles.